The van der Waals surface area contributed by atoms with Gasteiger partial charge in [-0.25, -0.2) is 4.79 Å². The van der Waals surface area contributed by atoms with Gasteiger partial charge in [-0.05, 0) is 63.9 Å². The van der Waals surface area contributed by atoms with E-state index in [0.717, 1.165) is 33.4 Å². The lowest BCUT2D eigenvalue weighted by atomic mass is 9.91. The normalized spacial score (nSPS) is 15.9. The van der Waals surface area contributed by atoms with Crippen molar-refractivity contribution in [3.05, 3.63) is 63.8 Å². The quantitative estimate of drug-likeness (QED) is 0.447. The third-order valence-electron chi connectivity index (χ3n) is 7.24. The Labute approximate surface area is 234 Å². The van der Waals surface area contributed by atoms with Gasteiger partial charge >= 0.3 is 6.09 Å². The Hall–Kier alpha value is -4.27. The van der Waals surface area contributed by atoms with Gasteiger partial charge < -0.3 is 24.3 Å². The predicted molar refractivity (Wildman–Crippen MR) is 154 cm³/mol. The first kappa shape index (κ1) is 27.3. The molecular formula is C32H34N4O4. The number of rotatable bonds is 1. The Balaban J connectivity index is 1.51. The highest BCUT2D eigenvalue weighted by molar-refractivity contribution is 6.18. The summed E-state index contributed by atoms with van der Waals surface area (Å²) < 4.78 is 11.5. The average Bonchev–Trinajstić information content (AvgIpc) is 3.29. The number of piperazine rings is 1. The number of amides is 1. The Morgan fingerprint density at radius 2 is 1.82 bits per heavy atom. The zero-order valence-electron chi connectivity index (χ0n) is 23.5. The zero-order valence-corrected chi connectivity index (χ0v) is 23.5. The molecule has 1 amide bonds. The van der Waals surface area contributed by atoms with Gasteiger partial charge in [0.15, 0.2) is 5.78 Å². The van der Waals surface area contributed by atoms with E-state index in [1.54, 1.807) is 24.0 Å². The second-order valence-corrected chi connectivity index (χ2v) is 11.1. The Morgan fingerprint density at radius 1 is 1.07 bits per heavy atom. The van der Waals surface area contributed by atoms with Crippen LogP contribution in [-0.4, -0.2) is 66.8 Å². The van der Waals surface area contributed by atoms with Crippen LogP contribution in [0.1, 0.15) is 66.0 Å². The number of fused-ring (bicyclic) bond motifs is 4. The molecule has 0 radical (unpaired) electrons. The van der Waals surface area contributed by atoms with E-state index < -0.39 is 5.60 Å². The molecule has 1 N–H and O–H groups in total. The molecule has 2 aliphatic heterocycles. The number of carbonyl (C=O) groups is 2. The first-order chi connectivity index (χ1) is 19.2. The van der Waals surface area contributed by atoms with Gasteiger partial charge in [0, 0.05) is 60.3 Å². The summed E-state index contributed by atoms with van der Waals surface area (Å²) in [5, 5.41) is 10.2. The predicted octanol–water partition coefficient (Wildman–Crippen LogP) is 4.81. The molecule has 2 aliphatic rings. The number of ether oxygens (including phenoxy) is 2. The van der Waals surface area contributed by atoms with Crippen LogP contribution in [0.3, 0.4) is 0 Å². The van der Waals surface area contributed by atoms with E-state index >= 15 is 0 Å². The second-order valence-electron chi connectivity index (χ2n) is 11.1. The number of aromatic amines is 1. The van der Waals surface area contributed by atoms with Gasteiger partial charge in [0.1, 0.15) is 5.60 Å². The van der Waals surface area contributed by atoms with E-state index in [2.05, 4.69) is 33.9 Å². The third-order valence-corrected chi connectivity index (χ3v) is 7.24. The van der Waals surface area contributed by atoms with Crippen molar-refractivity contribution < 1.29 is 19.1 Å². The molecule has 1 aromatic heterocycles. The van der Waals surface area contributed by atoms with Crippen molar-refractivity contribution in [2.45, 2.75) is 46.1 Å². The number of aromatic nitrogens is 1. The molecule has 0 spiro atoms. The maximum atomic E-state index is 14.2. The number of carbonyl (C=O) groups excluding carboxylic acids is 2. The summed E-state index contributed by atoms with van der Waals surface area (Å²) >= 11 is 0. The summed E-state index contributed by atoms with van der Waals surface area (Å²) in [7, 11) is 0. The van der Waals surface area contributed by atoms with E-state index in [1.165, 1.54) is 0 Å². The second kappa shape index (κ2) is 11.1. The zero-order chi connectivity index (χ0) is 28.4. The van der Waals surface area contributed by atoms with Crippen molar-refractivity contribution in [1.29, 1.82) is 5.26 Å². The van der Waals surface area contributed by atoms with Crippen molar-refractivity contribution in [3.63, 3.8) is 0 Å². The number of nitrogens with one attached hydrogen (secondary N) is 1. The van der Waals surface area contributed by atoms with Gasteiger partial charge in [-0.15, -0.1) is 5.92 Å². The highest BCUT2D eigenvalue weighted by atomic mass is 16.6. The molecule has 0 unspecified atom stereocenters. The summed E-state index contributed by atoms with van der Waals surface area (Å²) in [4.78, 5) is 34.1. The fourth-order valence-electron chi connectivity index (χ4n) is 5.37. The minimum Gasteiger partial charge on any atom is -0.444 e. The van der Waals surface area contributed by atoms with Crippen molar-refractivity contribution >= 4 is 28.5 Å². The molecule has 8 nitrogen and oxygen atoms in total. The number of nitriles is 1. The van der Waals surface area contributed by atoms with Crippen LogP contribution in [0.25, 0.3) is 10.9 Å². The van der Waals surface area contributed by atoms with Crippen LogP contribution >= 0.6 is 0 Å². The number of benzene rings is 2. The number of hydrogen-bond acceptors (Lipinski definition) is 6. The molecule has 1 saturated heterocycles. The van der Waals surface area contributed by atoms with Crippen LogP contribution in [0.15, 0.2) is 30.3 Å². The molecule has 0 atom stereocenters. The van der Waals surface area contributed by atoms with Gasteiger partial charge in [0.25, 0.3) is 0 Å². The van der Waals surface area contributed by atoms with Gasteiger partial charge in [0.2, 0.25) is 0 Å². The average molecular weight is 539 g/mol. The van der Waals surface area contributed by atoms with Gasteiger partial charge in [0.05, 0.1) is 36.1 Å². The van der Waals surface area contributed by atoms with Gasteiger partial charge in [-0.2, -0.15) is 5.26 Å². The summed E-state index contributed by atoms with van der Waals surface area (Å²) in [6, 6.07) is 11.5. The standard InChI is InChI=1S/C32H34N4O4/c1-5-6-23-18-25-22(19-28(23)35-11-13-36(14-12-35)31(38)40-32(2,3)4)9-15-39-16-10-26-29(30(25)37)24-8-7-21(20-33)17-27(24)34-26/h7-8,17-19,34H,9-16H2,1-4H3. The minimum atomic E-state index is -0.539. The Kier molecular flexibility index (Phi) is 7.56. The molecule has 3 heterocycles. The first-order valence-corrected chi connectivity index (χ1v) is 13.7. The van der Waals surface area contributed by atoms with Crippen molar-refractivity contribution in [1.82, 2.24) is 9.88 Å². The molecule has 0 saturated carbocycles. The summed E-state index contributed by atoms with van der Waals surface area (Å²) in [5.74, 6) is 6.18. The van der Waals surface area contributed by atoms with E-state index in [0.29, 0.717) is 68.9 Å². The lowest BCUT2D eigenvalue weighted by Crippen LogP contribution is -2.50. The summed E-state index contributed by atoms with van der Waals surface area (Å²) in [6.45, 7) is 10.7. The number of H-pyrrole nitrogens is 1. The van der Waals surface area contributed by atoms with Crippen LogP contribution in [0, 0.1) is 23.2 Å². The maximum absolute atomic E-state index is 14.2. The Morgan fingerprint density at radius 3 is 2.52 bits per heavy atom. The molecule has 5 rings (SSSR count). The topological polar surface area (TPSA) is 98.7 Å². The third kappa shape index (κ3) is 5.54. The molecule has 2 aromatic carbocycles. The van der Waals surface area contributed by atoms with Crippen LogP contribution in [0.2, 0.25) is 0 Å². The number of nitrogens with zero attached hydrogens (tertiary/aromatic N) is 3. The minimum absolute atomic E-state index is 0.0525. The molecule has 1 fully saturated rings. The smallest absolute Gasteiger partial charge is 0.410 e. The highest BCUT2D eigenvalue weighted by Gasteiger charge is 2.29. The molecular weight excluding hydrogens is 504 g/mol. The SMILES string of the molecule is CC#Cc1cc2c(cc1N1CCN(C(=O)OC(C)(C)C)CC1)CCOCCc1[nH]c3cc(C#N)ccc3c1C2=O. The molecule has 3 aromatic rings. The summed E-state index contributed by atoms with van der Waals surface area (Å²) in [5.41, 5.74) is 5.48. The number of anilines is 1. The van der Waals surface area contributed by atoms with E-state index in [4.69, 9.17) is 9.47 Å². The lowest BCUT2D eigenvalue weighted by molar-refractivity contribution is 0.0240. The molecule has 8 heteroatoms. The fourth-order valence-corrected chi connectivity index (χ4v) is 5.37. The molecule has 40 heavy (non-hydrogen) atoms. The summed E-state index contributed by atoms with van der Waals surface area (Å²) in [6.07, 6.45) is 0.877. The fraction of sp³-hybridized carbons (Fsp3) is 0.406. The number of ketones is 1. The molecule has 0 aliphatic carbocycles. The van der Waals surface area contributed by atoms with Crippen molar-refractivity contribution in [2.24, 2.45) is 0 Å². The van der Waals surface area contributed by atoms with Crippen LogP contribution in [0.4, 0.5) is 10.5 Å². The highest BCUT2D eigenvalue weighted by Crippen LogP contribution is 2.32. The molecule has 0 bridgehead atoms. The molecule has 206 valence electrons. The Bertz CT molecular complexity index is 1570. The lowest BCUT2D eigenvalue weighted by Gasteiger charge is -2.37. The van der Waals surface area contributed by atoms with E-state index in [9.17, 15) is 14.9 Å². The van der Waals surface area contributed by atoms with Crippen molar-refractivity contribution in [2.75, 3.05) is 44.3 Å². The number of hydrogen-bond donors (Lipinski definition) is 1. The van der Waals surface area contributed by atoms with E-state index in [1.807, 2.05) is 32.9 Å². The van der Waals surface area contributed by atoms with Crippen LogP contribution in [0.5, 0.6) is 0 Å². The first-order valence-electron chi connectivity index (χ1n) is 13.7. The van der Waals surface area contributed by atoms with Crippen molar-refractivity contribution in [3.8, 4) is 17.9 Å². The van der Waals surface area contributed by atoms with E-state index in [-0.39, 0.29) is 11.9 Å². The monoisotopic (exact) mass is 538 g/mol. The largest absolute Gasteiger partial charge is 0.444 e. The van der Waals surface area contributed by atoms with Gasteiger partial charge in [-0.1, -0.05) is 12.0 Å². The van der Waals surface area contributed by atoms with Gasteiger partial charge in [-0.3, -0.25) is 4.79 Å². The van der Waals surface area contributed by atoms with Crippen LogP contribution < -0.4 is 4.90 Å². The van der Waals surface area contributed by atoms with Crippen LogP contribution in [-0.2, 0) is 22.3 Å². The maximum Gasteiger partial charge on any atom is 0.410 e.